The molecule has 0 spiro atoms. The molecule has 1 fully saturated rings. The Hall–Kier alpha value is -1.33. The molecule has 3 rings (SSSR count). The smallest absolute Gasteiger partial charge is 0.248 e. The van der Waals surface area contributed by atoms with Crippen molar-refractivity contribution in [2.45, 2.75) is 49.1 Å². The minimum absolute atomic E-state index is 0.341. The largest absolute Gasteiger partial charge is 0.337 e. The Bertz CT molecular complexity index is 552. The minimum Gasteiger partial charge on any atom is -0.337 e. The molecule has 2 N–H and O–H groups in total. The lowest BCUT2D eigenvalue weighted by Crippen LogP contribution is -2.12. The van der Waals surface area contributed by atoms with Gasteiger partial charge in [-0.3, -0.25) is 0 Å². The molecule has 1 aromatic heterocycles. The summed E-state index contributed by atoms with van der Waals surface area (Å²) >= 11 is 1.95. The van der Waals surface area contributed by atoms with Crippen molar-refractivity contribution >= 4 is 11.8 Å². The van der Waals surface area contributed by atoms with E-state index in [0.717, 1.165) is 22.4 Å². The Morgan fingerprint density at radius 1 is 1.19 bits per heavy atom. The van der Waals surface area contributed by atoms with E-state index in [1.807, 2.05) is 42.1 Å². The molecule has 21 heavy (non-hydrogen) atoms. The third-order valence-electron chi connectivity index (χ3n) is 3.91. The molecule has 0 bridgehead atoms. The third-order valence-corrected chi connectivity index (χ3v) is 5.28. The van der Waals surface area contributed by atoms with Crippen LogP contribution >= 0.6 is 11.8 Å². The molecule has 0 saturated heterocycles. The van der Waals surface area contributed by atoms with Crippen LogP contribution in [-0.2, 0) is 5.75 Å². The van der Waals surface area contributed by atoms with E-state index in [-0.39, 0.29) is 6.04 Å². The Morgan fingerprint density at radius 3 is 2.71 bits per heavy atom. The zero-order chi connectivity index (χ0) is 14.5. The highest BCUT2D eigenvalue weighted by atomic mass is 32.2. The number of aromatic nitrogens is 2. The highest BCUT2D eigenvalue weighted by Crippen LogP contribution is 2.30. The molecule has 0 aliphatic heterocycles. The normalized spacial score (nSPS) is 17.8. The van der Waals surface area contributed by atoms with Crippen molar-refractivity contribution in [2.24, 2.45) is 5.73 Å². The summed E-state index contributed by atoms with van der Waals surface area (Å²) in [5.74, 6) is 2.07. The maximum absolute atomic E-state index is 6.17. The van der Waals surface area contributed by atoms with Crippen molar-refractivity contribution in [3.8, 4) is 0 Å². The number of benzene rings is 1. The number of nitrogens with zero attached hydrogens (tertiary/aromatic N) is 2. The van der Waals surface area contributed by atoms with Crippen molar-refractivity contribution in [3.63, 3.8) is 0 Å². The summed E-state index contributed by atoms with van der Waals surface area (Å²) in [6, 6.07) is 9.51. The van der Waals surface area contributed by atoms with Crippen LogP contribution in [0.3, 0.4) is 0 Å². The lowest BCUT2D eigenvalue weighted by molar-refractivity contribution is 0.363. The van der Waals surface area contributed by atoms with Crippen LogP contribution in [0.5, 0.6) is 0 Å². The monoisotopic (exact) mass is 303 g/mol. The molecule has 0 radical (unpaired) electrons. The Morgan fingerprint density at radius 2 is 1.95 bits per heavy atom. The molecule has 1 aromatic carbocycles. The van der Waals surface area contributed by atoms with Gasteiger partial charge in [0.2, 0.25) is 5.89 Å². The predicted molar refractivity (Wildman–Crippen MR) is 84.9 cm³/mol. The summed E-state index contributed by atoms with van der Waals surface area (Å²) in [4.78, 5) is 4.45. The van der Waals surface area contributed by atoms with Crippen molar-refractivity contribution in [2.75, 3.05) is 0 Å². The maximum Gasteiger partial charge on any atom is 0.248 e. The molecule has 1 saturated carbocycles. The lowest BCUT2D eigenvalue weighted by atomic mass is 10.0. The average molecular weight is 303 g/mol. The van der Waals surface area contributed by atoms with Gasteiger partial charge in [0, 0.05) is 5.25 Å². The van der Waals surface area contributed by atoms with Crippen LogP contribution in [0.4, 0.5) is 0 Å². The zero-order valence-corrected chi connectivity index (χ0v) is 12.9. The third kappa shape index (κ3) is 3.86. The fraction of sp³-hybridized carbons (Fsp3) is 0.500. The zero-order valence-electron chi connectivity index (χ0n) is 12.1. The maximum atomic E-state index is 6.17. The molecule has 1 aliphatic rings. The summed E-state index contributed by atoms with van der Waals surface area (Å²) in [5, 5.41) is 4.81. The number of hydrogen-bond acceptors (Lipinski definition) is 5. The van der Waals surface area contributed by atoms with Crippen LogP contribution in [0.25, 0.3) is 0 Å². The standard InChI is InChI=1S/C16H21N3OS/c17-15(12-7-3-1-4-8-12)16-18-14(19-20-16)11-21-13-9-5-2-6-10-13/h1,3-4,7-8,13,15H,2,5-6,9-11,17H2/t15-/m0/s1. The second kappa shape index (κ2) is 7.09. The molecule has 5 heteroatoms. The molecular formula is C16H21N3OS. The summed E-state index contributed by atoms with van der Waals surface area (Å²) in [6.07, 6.45) is 6.73. The molecule has 0 unspecified atom stereocenters. The van der Waals surface area contributed by atoms with Gasteiger partial charge in [0.25, 0.3) is 0 Å². The van der Waals surface area contributed by atoms with Crippen molar-refractivity contribution < 1.29 is 4.52 Å². The summed E-state index contributed by atoms with van der Waals surface area (Å²) < 4.78 is 5.32. The molecule has 2 aromatic rings. The van der Waals surface area contributed by atoms with Crippen LogP contribution in [0.1, 0.15) is 55.4 Å². The summed E-state index contributed by atoms with van der Waals surface area (Å²) in [7, 11) is 0. The molecule has 1 aliphatic carbocycles. The van der Waals surface area contributed by atoms with Crippen molar-refractivity contribution in [1.29, 1.82) is 0 Å². The van der Waals surface area contributed by atoms with Gasteiger partial charge >= 0.3 is 0 Å². The fourth-order valence-electron chi connectivity index (χ4n) is 2.68. The van der Waals surface area contributed by atoms with Gasteiger partial charge in [-0.15, -0.1) is 0 Å². The Labute approximate surface area is 129 Å². The van der Waals surface area contributed by atoms with Crippen LogP contribution in [0.15, 0.2) is 34.9 Å². The Balaban J connectivity index is 1.58. The van der Waals surface area contributed by atoms with Crippen LogP contribution in [0.2, 0.25) is 0 Å². The number of nitrogens with two attached hydrogens (primary N) is 1. The first kappa shape index (κ1) is 14.6. The van der Waals surface area contributed by atoms with E-state index in [4.69, 9.17) is 10.3 Å². The van der Waals surface area contributed by atoms with Crippen molar-refractivity contribution in [1.82, 2.24) is 10.1 Å². The molecule has 4 nitrogen and oxygen atoms in total. The summed E-state index contributed by atoms with van der Waals surface area (Å²) in [6.45, 7) is 0. The minimum atomic E-state index is -0.341. The van der Waals surface area contributed by atoms with E-state index < -0.39 is 0 Å². The van der Waals surface area contributed by atoms with Crippen LogP contribution in [0, 0.1) is 0 Å². The Kier molecular flexibility index (Phi) is 4.93. The molecule has 112 valence electrons. The quantitative estimate of drug-likeness (QED) is 0.912. The molecule has 0 amide bonds. The van der Waals surface area contributed by atoms with Gasteiger partial charge in [0.1, 0.15) is 6.04 Å². The fourth-order valence-corrected chi connectivity index (χ4v) is 3.85. The molecule has 1 atom stereocenters. The lowest BCUT2D eigenvalue weighted by Gasteiger charge is -2.19. The van der Waals surface area contributed by atoms with Gasteiger partial charge in [-0.2, -0.15) is 16.7 Å². The highest BCUT2D eigenvalue weighted by Gasteiger charge is 2.18. The van der Waals surface area contributed by atoms with Gasteiger partial charge in [0.15, 0.2) is 5.82 Å². The first-order valence-corrected chi connectivity index (χ1v) is 8.62. The van der Waals surface area contributed by atoms with E-state index in [1.165, 1.54) is 32.1 Å². The topological polar surface area (TPSA) is 64.9 Å². The summed E-state index contributed by atoms with van der Waals surface area (Å²) in [5.41, 5.74) is 7.16. The van der Waals surface area contributed by atoms with E-state index in [0.29, 0.717) is 5.89 Å². The van der Waals surface area contributed by atoms with Crippen LogP contribution in [-0.4, -0.2) is 15.4 Å². The van der Waals surface area contributed by atoms with Gasteiger partial charge in [-0.05, 0) is 18.4 Å². The first-order valence-electron chi connectivity index (χ1n) is 7.57. The first-order chi connectivity index (χ1) is 10.3. The van der Waals surface area contributed by atoms with Crippen molar-refractivity contribution in [3.05, 3.63) is 47.6 Å². The van der Waals surface area contributed by atoms with E-state index >= 15 is 0 Å². The molecule has 1 heterocycles. The van der Waals surface area contributed by atoms with Gasteiger partial charge < -0.3 is 10.3 Å². The van der Waals surface area contributed by atoms with E-state index in [2.05, 4.69) is 10.1 Å². The van der Waals surface area contributed by atoms with E-state index in [9.17, 15) is 0 Å². The second-order valence-corrected chi connectivity index (χ2v) is 6.80. The van der Waals surface area contributed by atoms with Gasteiger partial charge in [0.05, 0.1) is 5.75 Å². The average Bonchev–Trinajstić information content (AvgIpc) is 3.03. The molecular weight excluding hydrogens is 282 g/mol. The predicted octanol–water partition coefficient (Wildman–Crippen LogP) is 3.68. The number of rotatable bonds is 5. The van der Waals surface area contributed by atoms with E-state index in [1.54, 1.807) is 0 Å². The highest BCUT2D eigenvalue weighted by molar-refractivity contribution is 7.99. The van der Waals surface area contributed by atoms with Gasteiger partial charge in [-0.1, -0.05) is 54.8 Å². The number of hydrogen-bond donors (Lipinski definition) is 1. The number of thioether (sulfide) groups is 1. The van der Waals surface area contributed by atoms with Gasteiger partial charge in [-0.25, -0.2) is 0 Å². The van der Waals surface area contributed by atoms with Crippen LogP contribution < -0.4 is 5.73 Å². The SMILES string of the molecule is N[C@@H](c1ccccc1)c1nc(CSC2CCCCC2)no1. The second-order valence-electron chi connectivity index (χ2n) is 5.51.